The summed E-state index contributed by atoms with van der Waals surface area (Å²) in [6.07, 6.45) is 0.720. The molecule has 2 bridgehead atoms. The molecule has 0 saturated carbocycles. The lowest BCUT2D eigenvalue weighted by molar-refractivity contribution is -0.0311. The Morgan fingerprint density at radius 1 is 1.03 bits per heavy atom. The second-order valence-corrected chi connectivity index (χ2v) is 7.47. The summed E-state index contributed by atoms with van der Waals surface area (Å²) in [6, 6.07) is 7.13. The third-order valence-corrected chi connectivity index (χ3v) is 5.60. The number of carbonyl (C=O) groups excluding carboxylic acids is 1. The van der Waals surface area contributed by atoms with Gasteiger partial charge in [-0.25, -0.2) is 22.4 Å². The molecule has 5 rings (SSSR count). The number of fused-ring (bicyclic) bond motifs is 3. The molecule has 9 heteroatoms. The molecule has 0 spiro atoms. The molecule has 0 aromatic heterocycles. The first-order valence-corrected chi connectivity index (χ1v) is 9.51. The van der Waals surface area contributed by atoms with Crippen LogP contribution in [0, 0.1) is 29.2 Å². The highest BCUT2D eigenvalue weighted by Gasteiger charge is 2.37. The highest BCUT2D eigenvalue weighted by molar-refractivity contribution is 5.87. The molecule has 0 aliphatic carbocycles. The Morgan fingerprint density at radius 2 is 1.67 bits per heavy atom. The van der Waals surface area contributed by atoms with Gasteiger partial charge in [-0.15, -0.1) is 12.4 Å². The fourth-order valence-corrected chi connectivity index (χ4v) is 4.04. The number of para-hydroxylation sites is 1. The molecule has 0 N–H and O–H groups in total. The molecule has 4 nitrogen and oxygen atoms in total. The number of ether oxygens (including phenoxy) is 1. The molecule has 2 aromatic rings. The zero-order chi connectivity index (χ0) is 20.5. The van der Waals surface area contributed by atoms with Crippen LogP contribution in [0.5, 0.6) is 0 Å². The number of carbonyl (C=O) groups is 1. The van der Waals surface area contributed by atoms with Gasteiger partial charge in [0.1, 0.15) is 11.9 Å². The van der Waals surface area contributed by atoms with Gasteiger partial charge < -0.3 is 4.74 Å². The van der Waals surface area contributed by atoms with Crippen molar-refractivity contribution < 1.29 is 27.1 Å². The van der Waals surface area contributed by atoms with Crippen molar-refractivity contribution in [2.75, 3.05) is 24.5 Å². The van der Waals surface area contributed by atoms with Gasteiger partial charge in [-0.05, 0) is 61.7 Å². The Kier molecular flexibility index (Phi) is 6.88. The first kappa shape index (κ1) is 22.4. The van der Waals surface area contributed by atoms with E-state index in [1.165, 1.54) is 18.2 Å². The van der Waals surface area contributed by atoms with Gasteiger partial charge in [-0.1, -0.05) is 12.1 Å². The van der Waals surface area contributed by atoms with Crippen LogP contribution in [0.1, 0.15) is 18.4 Å². The third-order valence-electron chi connectivity index (χ3n) is 5.60. The minimum absolute atomic E-state index is 0. The smallest absolute Gasteiger partial charge is 0.415 e. The van der Waals surface area contributed by atoms with Gasteiger partial charge in [-0.2, -0.15) is 0 Å². The maximum atomic E-state index is 14.4. The lowest BCUT2D eigenvalue weighted by Gasteiger charge is -2.44. The van der Waals surface area contributed by atoms with E-state index in [2.05, 4.69) is 4.90 Å². The first-order chi connectivity index (χ1) is 13.9. The summed E-state index contributed by atoms with van der Waals surface area (Å²) >= 11 is 0. The summed E-state index contributed by atoms with van der Waals surface area (Å²) in [5, 5.41) is 0. The minimum atomic E-state index is -1.60. The van der Waals surface area contributed by atoms with Crippen LogP contribution in [0.2, 0.25) is 0 Å². The SMILES string of the molecule is Cl.O=C(O[C@H]1CN2CCC1CC2)N(Cc1cc(F)c(F)c(F)c1)c1ccccc1F. The average molecular weight is 445 g/mol. The highest BCUT2D eigenvalue weighted by atomic mass is 35.5. The standard InChI is InChI=1S/C21H20F4N2O2.ClH/c22-15-3-1-2-4-18(15)27(11-13-9-16(23)20(25)17(24)10-13)21(28)29-19-12-26-7-5-14(19)6-8-26;/h1-4,9-10,14,19H,5-8,11-12H2;1H/t19-;/m0./s1. The fraction of sp³-hybridized carbons (Fsp3) is 0.381. The molecule has 1 amide bonds. The van der Waals surface area contributed by atoms with Gasteiger partial charge in [0.25, 0.3) is 0 Å². The number of hydrogen-bond donors (Lipinski definition) is 0. The number of halogens is 5. The van der Waals surface area contributed by atoms with Gasteiger partial charge in [-0.3, -0.25) is 9.80 Å². The molecule has 30 heavy (non-hydrogen) atoms. The van der Waals surface area contributed by atoms with Crippen molar-refractivity contribution in [2.45, 2.75) is 25.5 Å². The van der Waals surface area contributed by atoms with E-state index in [4.69, 9.17) is 4.74 Å². The Labute approximate surface area is 177 Å². The molecule has 0 radical (unpaired) electrons. The Morgan fingerprint density at radius 3 is 2.23 bits per heavy atom. The van der Waals surface area contributed by atoms with Crippen molar-refractivity contribution in [3.8, 4) is 0 Å². The third kappa shape index (κ3) is 4.54. The second kappa shape index (κ2) is 9.22. The van der Waals surface area contributed by atoms with E-state index in [1.54, 1.807) is 6.07 Å². The number of rotatable bonds is 4. The molecule has 3 aliphatic heterocycles. The van der Waals surface area contributed by atoms with Gasteiger partial charge in [0.15, 0.2) is 17.5 Å². The summed E-state index contributed by atoms with van der Waals surface area (Å²) < 4.78 is 60.6. The van der Waals surface area contributed by atoms with Crippen molar-refractivity contribution in [1.29, 1.82) is 0 Å². The van der Waals surface area contributed by atoms with Crippen LogP contribution in [0.15, 0.2) is 36.4 Å². The Hall–Kier alpha value is -2.32. The zero-order valence-corrected chi connectivity index (χ0v) is 16.8. The number of benzene rings is 2. The molecular weight excluding hydrogens is 424 g/mol. The van der Waals surface area contributed by atoms with Gasteiger partial charge in [0, 0.05) is 6.54 Å². The summed E-state index contributed by atoms with van der Waals surface area (Å²) in [5.74, 6) is -4.78. The topological polar surface area (TPSA) is 32.8 Å². The summed E-state index contributed by atoms with van der Waals surface area (Å²) in [5.41, 5.74) is -0.0977. The summed E-state index contributed by atoms with van der Waals surface area (Å²) in [6.45, 7) is 2.17. The highest BCUT2D eigenvalue weighted by Crippen LogP contribution is 2.31. The van der Waals surface area contributed by atoms with Crippen LogP contribution < -0.4 is 4.90 Å². The van der Waals surface area contributed by atoms with Gasteiger partial charge in [0.05, 0.1) is 12.2 Å². The maximum absolute atomic E-state index is 14.4. The molecule has 3 heterocycles. The molecular formula is C21H21ClF4N2O2. The number of piperidine rings is 3. The quantitative estimate of drug-likeness (QED) is 0.496. The van der Waals surface area contributed by atoms with Gasteiger partial charge in [0.2, 0.25) is 0 Å². The second-order valence-electron chi connectivity index (χ2n) is 7.47. The lowest BCUT2D eigenvalue weighted by Crippen LogP contribution is -2.53. The predicted molar refractivity (Wildman–Crippen MR) is 106 cm³/mol. The molecule has 3 aliphatic rings. The van der Waals surface area contributed by atoms with Crippen LogP contribution in [0.25, 0.3) is 0 Å². The zero-order valence-electron chi connectivity index (χ0n) is 16.0. The largest absolute Gasteiger partial charge is 0.444 e. The molecule has 3 fully saturated rings. The molecule has 162 valence electrons. The Balaban J connectivity index is 0.00000256. The van der Waals surface area contributed by atoms with Crippen molar-refractivity contribution in [1.82, 2.24) is 4.90 Å². The van der Waals surface area contributed by atoms with Crippen LogP contribution in [0.3, 0.4) is 0 Å². The first-order valence-electron chi connectivity index (χ1n) is 9.51. The summed E-state index contributed by atoms with van der Waals surface area (Å²) in [7, 11) is 0. The van der Waals surface area contributed by atoms with Crippen molar-refractivity contribution >= 4 is 24.2 Å². The van der Waals surface area contributed by atoms with Crippen molar-refractivity contribution in [2.24, 2.45) is 5.92 Å². The van der Waals surface area contributed by atoms with Crippen LogP contribution in [0.4, 0.5) is 28.0 Å². The predicted octanol–water partition coefficient (Wildman–Crippen LogP) is 4.90. The van der Waals surface area contributed by atoms with Crippen molar-refractivity contribution in [3.05, 3.63) is 65.2 Å². The van der Waals surface area contributed by atoms with Crippen LogP contribution >= 0.6 is 12.4 Å². The molecule has 3 saturated heterocycles. The van der Waals surface area contributed by atoms with E-state index < -0.39 is 29.4 Å². The number of hydrogen-bond acceptors (Lipinski definition) is 3. The van der Waals surface area contributed by atoms with Crippen LogP contribution in [-0.4, -0.2) is 36.7 Å². The van der Waals surface area contributed by atoms with E-state index in [0.717, 1.165) is 43.0 Å². The molecule has 2 aromatic carbocycles. The number of nitrogens with zero attached hydrogens (tertiary/aromatic N) is 2. The van der Waals surface area contributed by atoms with E-state index in [9.17, 15) is 22.4 Å². The number of amides is 1. The summed E-state index contributed by atoms with van der Waals surface area (Å²) in [4.78, 5) is 16.1. The van der Waals surface area contributed by atoms with E-state index in [1.807, 2.05) is 0 Å². The van der Waals surface area contributed by atoms with E-state index >= 15 is 0 Å². The van der Waals surface area contributed by atoms with Crippen LogP contribution in [-0.2, 0) is 11.3 Å². The van der Waals surface area contributed by atoms with Crippen molar-refractivity contribution in [3.63, 3.8) is 0 Å². The van der Waals surface area contributed by atoms with E-state index in [-0.39, 0.29) is 42.2 Å². The molecule has 0 unspecified atom stereocenters. The minimum Gasteiger partial charge on any atom is -0.444 e. The maximum Gasteiger partial charge on any atom is 0.415 e. The van der Waals surface area contributed by atoms with E-state index in [0.29, 0.717) is 6.54 Å². The van der Waals surface area contributed by atoms with Gasteiger partial charge >= 0.3 is 6.09 Å². The fourth-order valence-electron chi connectivity index (χ4n) is 4.04. The molecule has 1 atom stereocenters. The Bertz CT molecular complexity index is 899. The normalized spacial score (nSPS) is 22.3. The monoisotopic (exact) mass is 444 g/mol. The number of anilines is 1. The average Bonchev–Trinajstić information content (AvgIpc) is 2.71. The lowest BCUT2D eigenvalue weighted by atomic mass is 9.86.